The predicted molar refractivity (Wildman–Crippen MR) is 118 cm³/mol. The Balaban J connectivity index is 1.77. The molecule has 0 aliphatic heterocycles. The number of urea groups is 1. The number of nitrogens with zero attached hydrogens (tertiary/aromatic N) is 3. The molecule has 31 heavy (non-hydrogen) atoms. The number of thioether (sulfide) groups is 1. The van der Waals surface area contributed by atoms with Crippen LogP contribution in [-0.4, -0.2) is 38.0 Å². The maximum Gasteiger partial charge on any atom is 0.321 e. The summed E-state index contributed by atoms with van der Waals surface area (Å²) < 4.78 is 15.2. The van der Waals surface area contributed by atoms with Crippen molar-refractivity contribution in [3.8, 4) is 11.4 Å². The fourth-order valence-electron chi connectivity index (χ4n) is 2.78. The van der Waals surface area contributed by atoms with Crippen LogP contribution in [0.3, 0.4) is 0 Å². The van der Waals surface area contributed by atoms with Gasteiger partial charge >= 0.3 is 6.03 Å². The number of carbonyl (C=O) groups is 2. The molecule has 0 spiro atoms. The predicted octanol–water partition coefficient (Wildman–Crippen LogP) is 3.85. The van der Waals surface area contributed by atoms with Gasteiger partial charge in [-0.1, -0.05) is 42.1 Å². The third kappa shape index (κ3) is 6.65. The average molecular weight is 442 g/mol. The molecule has 0 saturated heterocycles. The SMILES string of the molecule is CC(C)(C)NC(=O)NC(=O)CSc1nnc(-c2ccc(F)cc2)n1Cc1ccccc1. The highest BCUT2D eigenvalue weighted by Gasteiger charge is 2.19. The van der Waals surface area contributed by atoms with E-state index in [1.54, 1.807) is 12.1 Å². The molecule has 0 fully saturated rings. The largest absolute Gasteiger partial charge is 0.333 e. The van der Waals surface area contributed by atoms with E-state index in [9.17, 15) is 14.0 Å². The highest BCUT2D eigenvalue weighted by molar-refractivity contribution is 7.99. The first-order valence-electron chi connectivity index (χ1n) is 9.69. The Morgan fingerprint density at radius 3 is 2.35 bits per heavy atom. The molecule has 0 aliphatic carbocycles. The van der Waals surface area contributed by atoms with Crippen molar-refractivity contribution in [1.29, 1.82) is 0 Å². The molecule has 2 N–H and O–H groups in total. The van der Waals surface area contributed by atoms with Crippen LogP contribution in [0.25, 0.3) is 11.4 Å². The lowest BCUT2D eigenvalue weighted by Gasteiger charge is -2.20. The molecule has 162 valence electrons. The molecule has 0 aliphatic rings. The van der Waals surface area contributed by atoms with Gasteiger partial charge in [-0.3, -0.25) is 14.7 Å². The van der Waals surface area contributed by atoms with Crippen LogP contribution in [0.2, 0.25) is 0 Å². The standard InChI is InChI=1S/C22H24FN5O2S/c1-22(2,3)25-20(30)24-18(29)14-31-21-27-26-19(16-9-11-17(23)12-10-16)28(21)13-15-7-5-4-6-8-15/h4-12H,13-14H2,1-3H3,(H2,24,25,29,30). The van der Waals surface area contributed by atoms with Crippen LogP contribution in [-0.2, 0) is 11.3 Å². The van der Waals surface area contributed by atoms with E-state index >= 15 is 0 Å². The normalized spacial score (nSPS) is 11.2. The van der Waals surface area contributed by atoms with Crippen molar-refractivity contribution in [3.05, 3.63) is 66.0 Å². The average Bonchev–Trinajstić information content (AvgIpc) is 3.08. The molecule has 9 heteroatoms. The summed E-state index contributed by atoms with van der Waals surface area (Å²) in [5.74, 6) is -0.215. The molecule has 1 heterocycles. The van der Waals surface area contributed by atoms with Crippen molar-refractivity contribution in [3.63, 3.8) is 0 Å². The molecule has 1 aromatic heterocycles. The number of nitrogens with one attached hydrogen (secondary N) is 2. The van der Waals surface area contributed by atoms with Crippen molar-refractivity contribution in [2.45, 2.75) is 38.0 Å². The smallest absolute Gasteiger partial charge is 0.321 e. The third-order valence-electron chi connectivity index (χ3n) is 4.08. The summed E-state index contributed by atoms with van der Waals surface area (Å²) in [5.41, 5.74) is 1.30. The van der Waals surface area contributed by atoms with Crippen LogP contribution in [0.15, 0.2) is 59.8 Å². The fourth-order valence-corrected chi connectivity index (χ4v) is 3.52. The lowest BCUT2D eigenvalue weighted by molar-refractivity contribution is -0.117. The number of imide groups is 1. The highest BCUT2D eigenvalue weighted by atomic mass is 32.2. The Morgan fingerprint density at radius 1 is 1.03 bits per heavy atom. The molecule has 7 nitrogen and oxygen atoms in total. The summed E-state index contributed by atoms with van der Waals surface area (Å²) >= 11 is 1.18. The van der Waals surface area contributed by atoms with Gasteiger partial charge in [-0.25, -0.2) is 9.18 Å². The van der Waals surface area contributed by atoms with Crippen LogP contribution >= 0.6 is 11.8 Å². The molecule has 0 bridgehead atoms. The number of hydrogen-bond donors (Lipinski definition) is 2. The van der Waals surface area contributed by atoms with E-state index in [4.69, 9.17) is 0 Å². The summed E-state index contributed by atoms with van der Waals surface area (Å²) in [6.45, 7) is 5.97. The number of carbonyl (C=O) groups excluding carboxylic acids is 2. The molecule has 0 saturated carbocycles. The van der Waals surface area contributed by atoms with Gasteiger partial charge in [-0.05, 0) is 50.6 Å². The Hall–Kier alpha value is -3.20. The number of aromatic nitrogens is 3. The minimum absolute atomic E-state index is 0.00605. The lowest BCUT2D eigenvalue weighted by Crippen LogP contribution is -2.48. The van der Waals surface area contributed by atoms with Crippen LogP contribution in [0, 0.1) is 5.82 Å². The summed E-state index contributed by atoms with van der Waals surface area (Å²) in [6, 6.07) is 15.2. The van der Waals surface area contributed by atoms with E-state index in [1.165, 1.54) is 23.9 Å². The van der Waals surface area contributed by atoms with Gasteiger partial charge < -0.3 is 5.32 Å². The molecule has 2 aromatic carbocycles. The zero-order valence-electron chi connectivity index (χ0n) is 17.6. The Morgan fingerprint density at radius 2 is 1.71 bits per heavy atom. The summed E-state index contributed by atoms with van der Waals surface area (Å²) in [4.78, 5) is 24.1. The maximum atomic E-state index is 13.3. The number of benzene rings is 2. The molecule has 3 rings (SSSR count). The molecular formula is C22H24FN5O2S. The van der Waals surface area contributed by atoms with Crippen LogP contribution in [0.1, 0.15) is 26.3 Å². The Labute approximate surface area is 184 Å². The minimum atomic E-state index is -0.546. The van der Waals surface area contributed by atoms with Crippen molar-refractivity contribution in [2.24, 2.45) is 0 Å². The zero-order chi connectivity index (χ0) is 22.4. The first-order valence-corrected chi connectivity index (χ1v) is 10.7. The van der Waals surface area contributed by atoms with Crippen molar-refractivity contribution < 1.29 is 14.0 Å². The molecule has 0 atom stereocenters. The van der Waals surface area contributed by atoms with E-state index in [1.807, 2.05) is 55.7 Å². The monoisotopic (exact) mass is 441 g/mol. The van der Waals surface area contributed by atoms with Gasteiger partial charge in [0.25, 0.3) is 0 Å². The van der Waals surface area contributed by atoms with Gasteiger partial charge in [0, 0.05) is 11.1 Å². The van der Waals surface area contributed by atoms with Crippen molar-refractivity contribution in [1.82, 2.24) is 25.4 Å². The lowest BCUT2D eigenvalue weighted by atomic mass is 10.1. The van der Waals surface area contributed by atoms with E-state index in [2.05, 4.69) is 20.8 Å². The third-order valence-corrected chi connectivity index (χ3v) is 5.04. The van der Waals surface area contributed by atoms with E-state index in [0.29, 0.717) is 23.1 Å². The van der Waals surface area contributed by atoms with Gasteiger partial charge in [0.05, 0.1) is 12.3 Å². The van der Waals surface area contributed by atoms with Crippen LogP contribution in [0.5, 0.6) is 0 Å². The van der Waals surface area contributed by atoms with E-state index in [-0.39, 0.29) is 11.6 Å². The topological polar surface area (TPSA) is 88.9 Å². The maximum absolute atomic E-state index is 13.3. The van der Waals surface area contributed by atoms with Gasteiger partial charge in [0.2, 0.25) is 5.91 Å². The first-order chi connectivity index (χ1) is 14.7. The summed E-state index contributed by atoms with van der Waals surface area (Å²) in [7, 11) is 0. The van der Waals surface area contributed by atoms with E-state index < -0.39 is 17.5 Å². The zero-order valence-corrected chi connectivity index (χ0v) is 18.4. The Kier molecular flexibility index (Phi) is 7.06. The number of amides is 3. The minimum Gasteiger partial charge on any atom is -0.333 e. The second-order valence-corrected chi connectivity index (χ2v) is 8.87. The van der Waals surface area contributed by atoms with E-state index in [0.717, 1.165) is 5.56 Å². The quantitative estimate of drug-likeness (QED) is 0.567. The molecular weight excluding hydrogens is 417 g/mol. The number of halogens is 1. The fraction of sp³-hybridized carbons (Fsp3) is 0.273. The molecule has 3 aromatic rings. The molecule has 3 amide bonds. The van der Waals surface area contributed by atoms with Gasteiger partial charge in [-0.15, -0.1) is 10.2 Å². The number of hydrogen-bond acceptors (Lipinski definition) is 5. The van der Waals surface area contributed by atoms with Crippen LogP contribution < -0.4 is 10.6 Å². The second kappa shape index (κ2) is 9.74. The number of rotatable bonds is 6. The highest BCUT2D eigenvalue weighted by Crippen LogP contribution is 2.25. The van der Waals surface area contributed by atoms with Crippen molar-refractivity contribution >= 4 is 23.7 Å². The van der Waals surface area contributed by atoms with Gasteiger partial charge in [0.15, 0.2) is 11.0 Å². The van der Waals surface area contributed by atoms with Gasteiger partial charge in [0.1, 0.15) is 5.82 Å². The Bertz CT molecular complexity index is 1050. The molecule has 0 radical (unpaired) electrons. The second-order valence-electron chi connectivity index (χ2n) is 7.93. The molecule has 0 unspecified atom stereocenters. The van der Waals surface area contributed by atoms with Crippen LogP contribution in [0.4, 0.5) is 9.18 Å². The summed E-state index contributed by atoms with van der Waals surface area (Å²) in [5, 5.41) is 14.0. The first kappa shape index (κ1) is 22.5. The van der Waals surface area contributed by atoms with Gasteiger partial charge in [-0.2, -0.15) is 0 Å². The summed E-state index contributed by atoms with van der Waals surface area (Å²) in [6.07, 6.45) is 0. The van der Waals surface area contributed by atoms with Crippen molar-refractivity contribution in [2.75, 3.05) is 5.75 Å².